The minimum Gasteiger partial charge on any atom is -0.332 e. The lowest BCUT2D eigenvalue weighted by molar-refractivity contribution is -0.136. The van der Waals surface area contributed by atoms with Crippen LogP contribution in [0.4, 0.5) is 0 Å². The molecule has 1 saturated heterocycles. The van der Waals surface area contributed by atoms with Crippen LogP contribution in [0.25, 0.3) is 11.0 Å². The second-order valence-corrected chi connectivity index (χ2v) is 7.85. The summed E-state index contributed by atoms with van der Waals surface area (Å²) in [7, 11) is 1.98. The van der Waals surface area contributed by atoms with Crippen LogP contribution in [0.3, 0.4) is 0 Å². The Morgan fingerprint density at radius 2 is 2.15 bits per heavy atom. The molecule has 1 amide bonds. The molecule has 3 heterocycles. The van der Waals surface area contributed by atoms with Gasteiger partial charge in [0.15, 0.2) is 11.0 Å². The van der Waals surface area contributed by atoms with Crippen molar-refractivity contribution in [1.82, 2.24) is 29.2 Å². The van der Waals surface area contributed by atoms with Gasteiger partial charge < -0.3 is 14.0 Å². The highest BCUT2D eigenvalue weighted by atomic mass is 32.2. The molecule has 0 bridgehead atoms. The zero-order valence-electron chi connectivity index (χ0n) is 15.9. The first-order valence-corrected chi connectivity index (χ1v) is 10.5. The molecular formula is C19H24N6OS. The van der Waals surface area contributed by atoms with Crippen molar-refractivity contribution in [2.45, 2.75) is 37.5 Å². The second-order valence-electron chi connectivity index (χ2n) is 7.08. The molecule has 0 saturated carbocycles. The molecule has 27 heavy (non-hydrogen) atoms. The molecule has 1 fully saturated rings. The van der Waals surface area contributed by atoms with Crippen LogP contribution in [-0.2, 0) is 18.4 Å². The monoisotopic (exact) mass is 384 g/mol. The molecule has 2 atom stereocenters. The van der Waals surface area contributed by atoms with Crippen LogP contribution in [0.1, 0.15) is 31.6 Å². The van der Waals surface area contributed by atoms with Crippen LogP contribution in [0.2, 0.25) is 0 Å². The van der Waals surface area contributed by atoms with Gasteiger partial charge >= 0.3 is 0 Å². The number of hydrogen-bond donors (Lipinski definition) is 0. The van der Waals surface area contributed by atoms with Gasteiger partial charge in [-0.05, 0) is 31.2 Å². The van der Waals surface area contributed by atoms with Crippen LogP contribution in [0, 0.1) is 5.92 Å². The van der Waals surface area contributed by atoms with Gasteiger partial charge in [-0.3, -0.25) is 4.79 Å². The summed E-state index contributed by atoms with van der Waals surface area (Å²) in [5.74, 6) is 0.922. The summed E-state index contributed by atoms with van der Waals surface area (Å²) in [6.45, 7) is 3.40. The lowest BCUT2D eigenvalue weighted by atomic mass is 10.1. The molecule has 1 aliphatic heterocycles. The highest BCUT2D eigenvalue weighted by Gasteiger charge is 2.35. The zero-order valence-corrected chi connectivity index (χ0v) is 16.7. The lowest BCUT2D eigenvalue weighted by Crippen LogP contribution is -2.37. The van der Waals surface area contributed by atoms with Gasteiger partial charge in [-0.1, -0.05) is 30.8 Å². The molecular weight excluding hydrogens is 360 g/mol. The highest BCUT2D eigenvalue weighted by molar-refractivity contribution is 7.98. The topological polar surface area (TPSA) is 68.8 Å². The van der Waals surface area contributed by atoms with E-state index in [2.05, 4.69) is 19.7 Å². The Bertz CT molecular complexity index is 964. The van der Waals surface area contributed by atoms with Crippen molar-refractivity contribution in [3.8, 4) is 0 Å². The van der Waals surface area contributed by atoms with E-state index in [1.807, 2.05) is 60.3 Å². The normalized spacial score (nSPS) is 18.3. The number of fused-ring (bicyclic) bond motifs is 1. The molecule has 142 valence electrons. The number of carbonyl (C=O) groups excluding carboxylic acids is 1. The third-order valence-electron chi connectivity index (χ3n) is 5.30. The fraction of sp³-hybridized carbons (Fsp3) is 0.474. The van der Waals surface area contributed by atoms with Gasteiger partial charge in [0.05, 0.1) is 29.3 Å². The van der Waals surface area contributed by atoms with Crippen molar-refractivity contribution in [3.05, 3.63) is 36.4 Å². The van der Waals surface area contributed by atoms with Gasteiger partial charge in [0.25, 0.3) is 0 Å². The predicted molar refractivity (Wildman–Crippen MR) is 105 cm³/mol. The number of likely N-dealkylation sites (tertiary alicyclic amines) is 1. The summed E-state index contributed by atoms with van der Waals surface area (Å²) in [5.41, 5.74) is 2.02. The average molecular weight is 385 g/mol. The van der Waals surface area contributed by atoms with Gasteiger partial charge in [-0.25, -0.2) is 4.98 Å². The van der Waals surface area contributed by atoms with E-state index >= 15 is 0 Å². The summed E-state index contributed by atoms with van der Waals surface area (Å²) >= 11 is 1.57. The van der Waals surface area contributed by atoms with Crippen LogP contribution >= 0.6 is 11.8 Å². The molecule has 0 aliphatic carbocycles. The minimum atomic E-state index is -0.128. The Hall–Kier alpha value is -2.35. The number of benzene rings is 1. The van der Waals surface area contributed by atoms with E-state index in [9.17, 15) is 4.79 Å². The Balaban J connectivity index is 1.53. The second kappa shape index (κ2) is 7.34. The molecule has 2 unspecified atom stereocenters. The molecule has 1 aromatic carbocycles. The summed E-state index contributed by atoms with van der Waals surface area (Å²) in [4.78, 5) is 19.6. The Labute approximate surface area is 162 Å². The fourth-order valence-corrected chi connectivity index (χ4v) is 4.39. The molecule has 2 aromatic heterocycles. The zero-order chi connectivity index (χ0) is 19.0. The molecule has 0 N–H and O–H groups in total. The number of rotatable bonds is 5. The molecule has 7 nitrogen and oxygen atoms in total. The molecule has 3 aromatic rings. The van der Waals surface area contributed by atoms with E-state index in [0.29, 0.717) is 6.54 Å². The largest absolute Gasteiger partial charge is 0.332 e. The third kappa shape index (κ3) is 3.22. The van der Waals surface area contributed by atoms with E-state index in [1.54, 1.807) is 11.8 Å². The third-order valence-corrected chi connectivity index (χ3v) is 6.03. The van der Waals surface area contributed by atoms with Crippen molar-refractivity contribution in [2.24, 2.45) is 13.0 Å². The summed E-state index contributed by atoms with van der Waals surface area (Å²) in [6, 6.07) is 8.03. The number of carbonyl (C=O) groups is 1. The number of thioether (sulfide) groups is 1. The summed E-state index contributed by atoms with van der Waals surface area (Å²) in [6.07, 6.45) is 5.75. The van der Waals surface area contributed by atoms with E-state index in [-0.39, 0.29) is 17.9 Å². The van der Waals surface area contributed by atoms with Crippen molar-refractivity contribution in [3.63, 3.8) is 0 Å². The summed E-state index contributed by atoms with van der Waals surface area (Å²) < 4.78 is 4.08. The average Bonchev–Trinajstić information content (AvgIpc) is 3.39. The SMILES string of the molecule is CSc1nnc(C2CCCN2C(=O)C(C)Cn2cnc3ccccc32)n1C. The quantitative estimate of drug-likeness (QED) is 0.633. The first-order chi connectivity index (χ1) is 13.1. The van der Waals surface area contributed by atoms with Gasteiger partial charge in [0.2, 0.25) is 5.91 Å². The minimum absolute atomic E-state index is 0.0119. The fourth-order valence-electron chi connectivity index (χ4n) is 3.91. The van der Waals surface area contributed by atoms with Crippen molar-refractivity contribution < 1.29 is 4.79 Å². The standard InChI is InChI=1S/C19H24N6OS/c1-13(11-24-12-20-14-7-4-5-8-15(14)24)18(26)25-10-6-9-16(25)17-21-22-19(27-3)23(17)2/h4-5,7-8,12-13,16H,6,9-11H2,1-3H3. The molecule has 8 heteroatoms. The first-order valence-electron chi connectivity index (χ1n) is 9.23. The first kappa shape index (κ1) is 18.0. The van der Waals surface area contributed by atoms with E-state index in [4.69, 9.17) is 0 Å². The van der Waals surface area contributed by atoms with E-state index < -0.39 is 0 Å². The molecule has 4 rings (SSSR count). The lowest BCUT2D eigenvalue weighted by Gasteiger charge is -2.27. The smallest absolute Gasteiger partial charge is 0.227 e. The predicted octanol–water partition coefficient (Wildman–Crippen LogP) is 2.89. The number of nitrogens with zero attached hydrogens (tertiary/aromatic N) is 6. The van der Waals surface area contributed by atoms with Crippen molar-refractivity contribution >= 4 is 28.7 Å². The van der Waals surface area contributed by atoms with Crippen LogP contribution in [0.15, 0.2) is 35.7 Å². The number of hydrogen-bond acceptors (Lipinski definition) is 5. The highest BCUT2D eigenvalue weighted by Crippen LogP contribution is 2.33. The Kier molecular flexibility index (Phi) is 4.90. The maximum Gasteiger partial charge on any atom is 0.227 e. The van der Waals surface area contributed by atoms with Crippen molar-refractivity contribution in [2.75, 3.05) is 12.8 Å². The number of aromatic nitrogens is 5. The summed E-state index contributed by atoms with van der Waals surface area (Å²) in [5, 5.41) is 9.48. The van der Waals surface area contributed by atoms with E-state index in [1.165, 1.54) is 0 Å². The molecule has 1 aliphatic rings. The van der Waals surface area contributed by atoms with Gasteiger partial charge in [0, 0.05) is 20.1 Å². The number of amides is 1. The van der Waals surface area contributed by atoms with Crippen LogP contribution in [-0.4, -0.2) is 47.9 Å². The number of para-hydroxylation sites is 2. The Morgan fingerprint density at radius 3 is 2.93 bits per heavy atom. The molecule has 0 spiro atoms. The van der Waals surface area contributed by atoms with Crippen LogP contribution < -0.4 is 0 Å². The number of imidazole rings is 1. The van der Waals surface area contributed by atoms with Crippen LogP contribution in [0.5, 0.6) is 0 Å². The Morgan fingerprint density at radius 1 is 1.33 bits per heavy atom. The van der Waals surface area contributed by atoms with Crippen molar-refractivity contribution in [1.29, 1.82) is 0 Å². The van der Waals surface area contributed by atoms with Gasteiger partial charge in [-0.2, -0.15) is 0 Å². The van der Waals surface area contributed by atoms with Gasteiger partial charge in [0.1, 0.15) is 0 Å². The van der Waals surface area contributed by atoms with Gasteiger partial charge in [-0.15, -0.1) is 10.2 Å². The maximum absolute atomic E-state index is 13.2. The maximum atomic E-state index is 13.2. The van der Waals surface area contributed by atoms with E-state index in [0.717, 1.165) is 41.4 Å². The molecule has 0 radical (unpaired) electrons.